The fourth-order valence-corrected chi connectivity index (χ4v) is 3.78. The van der Waals surface area contributed by atoms with E-state index in [1.165, 1.54) is 43.6 Å². The highest BCUT2D eigenvalue weighted by Gasteiger charge is 2.36. The summed E-state index contributed by atoms with van der Waals surface area (Å²) in [6, 6.07) is 6.46. The number of anilines is 1. The third-order valence-corrected chi connectivity index (χ3v) is 4.83. The predicted molar refractivity (Wildman–Crippen MR) is 75.1 cm³/mol. The number of hydrogen-bond acceptors (Lipinski definition) is 2. The first-order valence-electron chi connectivity index (χ1n) is 6.51. The van der Waals surface area contributed by atoms with Crippen molar-refractivity contribution < 1.29 is 0 Å². The number of hydrogen-bond donors (Lipinski definition) is 1. The van der Waals surface area contributed by atoms with Crippen LogP contribution in [0.4, 0.5) is 5.69 Å². The van der Waals surface area contributed by atoms with Crippen molar-refractivity contribution >= 4 is 21.6 Å². The number of nitrogens with two attached hydrogens (primary N) is 1. The predicted octanol–water partition coefficient (Wildman–Crippen LogP) is 3.14. The molecule has 1 saturated heterocycles. The Morgan fingerprint density at radius 3 is 2.59 bits per heavy atom. The van der Waals surface area contributed by atoms with Gasteiger partial charge in [0.25, 0.3) is 0 Å². The van der Waals surface area contributed by atoms with Gasteiger partial charge in [-0.1, -0.05) is 28.4 Å². The number of nitrogens with zero attached hydrogens (tertiary/aromatic N) is 1. The highest BCUT2D eigenvalue weighted by molar-refractivity contribution is 9.10. The lowest BCUT2D eigenvalue weighted by atomic mass is 10.0. The Kier molecular flexibility index (Phi) is 3.14. The van der Waals surface area contributed by atoms with Gasteiger partial charge in [0.15, 0.2) is 0 Å². The molecule has 0 amide bonds. The molecule has 1 saturated carbocycles. The van der Waals surface area contributed by atoms with E-state index < -0.39 is 0 Å². The first-order valence-corrected chi connectivity index (χ1v) is 7.30. The molecule has 17 heavy (non-hydrogen) atoms. The smallest absolute Gasteiger partial charge is 0.0423 e. The van der Waals surface area contributed by atoms with E-state index in [1.54, 1.807) is 0 Å². The highest BCUT2D eigenvalue weighted by Crippen LogP contribution is 2.40. The Bertz CT molecular complexity index is 407. The second kappa shape index (κ2) is 4.62. The van der Waals surface area contributed by atoms with E-state index in [4.69, 9.17) is 5.73 Å². The van der Waals surface area contributed by atoms with E-state index in [9.17, 15) is 0 Å². The lowest BCUT2D eigenvalue weighted by molar-refractivity contribution is 0.494. The zero-order chi connectivity index (χ0) is 11.8. The largest absolute Gasteiger partial charge is 0.371 e. The van der Waals surface area contributed by atoms with E-state index in [0.717, 1.165) is 16.3 Å². The minimum atomic E-state index is 0.633. The van der Waals surface area contributed by atoms with Crippen LogP contribution >= 0.6 is 15.9 Å². The minimum Gasteiger partial charge on any atom is -0.371 e. The number of fused-ring (bicyclic) bond motifs is 1. The van der Waals surface area contributed by atoms with E-state index in [1.807, 2.05) is 0 Å². The molecule has 3 heteroatoms. The lowest BCUT2D eigenvalue weighted by Crippen LogP contribution is -2.22. The Morgan fingerprint density at radius 1 is 1.24 bits per heavy atom. The maximum atomic E-state index is 5.84. The van der Waals surface area contributed by atoms with Gasteiger partial charge in [-0.3, -0.25) is 0 Å². The highest BCUT2D eigenvalue weighted by atomic mass is 79.9. The SMILES string of the molecule is NCc1ccc(Br)cc1N1CC2CCCC2C1. The molecule has 3 rings (SSSR count). The van der Waals surface area contributed by atoms with E-state index in [2.05, 4.69) is 39.0 Å². The van der Waals surface area contributed by atoms with Crippen LogP contribution in [0.25, 0.3) is 0 Å². The van der Waals surface area contributed by atoms with Crippen molar-refractivity contribution in [3.8, 4) is 0 Å². The summed E-state index contributed by atoms with van der Waals surface area (Å²) in [5.74, 6) is 1.86. The van der Waals surface area contributed by atoms with E-state index in [0.29, 0.717) is 6.54 Å². The molecule has 2 nitrogen and oxygen atoms in total. The molecule has 1 aliphatic carbocycles. The Morgan fingerprint density at radius 2 is 1.94 bits per heavy atom. The first kappa shape index (κ1) is 11.5. The summed E-state index contributed by atoms with van der Waals surface area (Å²) in [6.07, 6.45) is 4.28. The van der Waals surface area contributed by atoms with Gasteiger partial charge in [0.1, 0.15) is 0 Å². The van der Waals surface area contributed by atoms with Crippen molar-refractivity contribution in [3.63, 3.8) is 0 Å². The van der Waals surface area contributed by atoms with Gasteiger partial charge >= 0.3 is 0 Å². The van der Waals surface area contributed by atoms with Crippen LogP contribution < -0.4 is 10.6 Å². The summed E-state index contributed by atoms with van der Waals surface area (Å²) in [5, 5.41) is 0. The Hall–Kier alpha value is -0.540. The molecular formula is C14H19BrN2. The molecule has 0 spiro atoms. The molecule has 0 radical (unpaired) electrons. The van der Waals surface area contributed by atoms with Crippen LogP contribution in [-0.4, -0.2) is 13.1 Å². The van der Waals surface area contributed by atoms with Crippen molar-refractivity contribution in [1.29, 1.82) is 0 Å². The summed E-state index contributed by atoms with van der Waals surface area (Å²) in [7, 11) is 0. The Labute approximate surface area is 111 Å². The topological polar surface area (TPSA) is 29.3 Å². The standard InChI is InChI=1S/C14H19BrN2/c15-13-5-4-10(7-16)14(6-13)17-8-11-2-1-3-12(11)9-17/h4-6,11-12H,1-3,7-9,16H2. The molecule has 2 N–H and O–H groups in total. The zero-order valence-corrected chi connectivity index (χ0v) is 11.6. The van der Waals surface area contributed by atoms with Gasteiger partial charge in [0, 0.05) is 29.8 Å². The number of rotatable bonds is 2. The average molecular weight is 295 g/mol. The number of halogens is 1. The zero-order valence-electron chi connectivity index (χ0n) is 10.0. The summed E-state index contributed by atoms with van der Waals surface area (Å²) in [5.41, 5.74) is 8.46. The number of benzene rings is 1. The van der Waals surface area contributed by atoms with Crippen LogP contribution in [0.15, 0.2) is 22.7 Å². The van der Waals surface area contributed by atoms with Crippen molar-refractivity contribution in [1.82, 2.24) is 0 Å². The van der Waals surface area contributed by atoms with Crippen molar-refractivity contribution in [2.24, 2.45) is 17.6 Å². The van der Waals surface area contributed by atoms with Crippen molar-refractivity contribution in [2.75, 3.05) is 18.0 Å². The lowest BCUT2D eigenvalue weighted by Gasteiger charge is -2.23. The summed E-state index contributed by atoms with van der Waals surface area (Å²) in [4.78, 5) is 2.54. The van der Waals surface area contributed by atoms with Gasteiger partial charge < -0.3 is 10.6 Å². The van der Waals surface area contributed by atoms with Crippen LogP contribution in [0.5, 0.6) is 0 Å². The minimum absolute atomic E-state index is 0.633. The first-order chi connectivity index (χ1) is 8.28. The van der Waals surface area contributed by atoms with Crippen molar-refractivity contribution in [2.45, 2.75) is 25.8 Å². The molecule has 1 aromatic carbocycles. The molecule has 0 bridgehead atoms. The van der Waals surface area contributed by atoms with Gasteiger partial charge in [-0.25, -0.2) is 0 Å². The summed E-state index contributed by atoms with van der Waals surface area (Å²) < 4.78 is 1.15. The molecule has 1 aromatic rings. The molecule has 2 aliphatic rings. The summed E-state index contributed by atoms with van der Waals surface area (Å²) in [6.45, 7) is 3.09. The van der Waals surface area contributed by atoms with Gasteiger partial charge in [-0.15, -0.1) is 0 Å². The molecule has 1 heterocycles. The maximum absolute atomic E-state index is 5.84. The molecule has 2 atom stereocenters. The van der Waals surface area contributed by atoms with Crippen LogP contribution in [-0.2, 0) is 6.54 Å². The van der Waals surface area contributed by atoms with Crippen LogP contribution in [0.2, 0.25) is 0 Å². The van der Waals surface area contributed by atoms with Crippen LogP contribution in [0.1, 0.15) is 24.8 Å². The van der Waals surface area contributed by atoms with Gasteiger partial charge in [0.2, 0.25) is 0 Å². The second-order valence-electron chi connectivity index (χ2n) is 5.33. The Balaban J connectivity index is 1.87. The molecule has 92 valence electrons. The van der Waals surface area contributed by atoms with Gasteiger partial charge in [-0.2, -0.15) is 0 Å². The van der Waals surface area contributed by atoms with E-state index in [-0.39, 0.29) is 0 Å². The van der Waals surface area contributed by atoms with Crippen molar-refractivity contribution in [3.05, 3.63) is 28.2 Å². The molecule has 0 aromatic heterocycles. The fourth-order valence-electron chi connectivity index (χ4n) is 3.44. The second-order valence-corrected chi connectivity index (χ2v) is 6.25. The maximum Gasteiger partial charge on any atom is 0.0423 e. The quantitative estimate of drug-likeness (QED) is 0.908. The summed E-state index contributed by atoms with van der Waals surface area (Å²) >= 11 is 3.57. The molecule has 1 aliphatic heterocycles. The molecule has 2 unspecified atom stereocenters. The third-order valence-electron chi connectivity index (χ3n) is 4.33. The van der Waals surface area contributed by atoms with Gasteiger partial charge in [-0.05, 0) is 42.4 Å². The van der Waals surface area contributed by atoms with E-state index >= 15 is 0 Å². The van der Waals surface area contributed by atoms with Gasteiger partial charge in [0.05, 0.1) is 0 Å². The van der Waals surface area contributed by atoms with Crippen LogP contribution in [0, 0.1) is 11.8 Å². The van der Waals surface area contributed by atoms with Crippen LogP contribution in [0.3, 0.4) is 0 Å². The molecular weight excluding hydrogens is 276 g/mol. The average Bonchev–Trinajstić information content (AvgIpc) is 2.88. The monoisotopic (exact) mass is 294 g/mol. The fraction of sp³-hybridized carbons (Fsp3) is 0.571. The third kappa shape index (κ3) is 2.11. The normalized spacial score (nSPS) is 27.5. The molecule has 2 fully saturated rings.